The fraction of sp³-hybridized carbons (Fsp3) is 0.423. The molecule has 0 saturated carbocycles. The van der Waals surface area contributed by atoms with Gasteiger partial charge < -0.3 is 23.8 Å². The zero-order valence-corrected chi connectivity index (χ0v) is 20.4. The van der Waals surface area contributed by atoms with Gasteiger partial charge in [0.2, 0.25) is 5.95 Å². The molecular formula is C26H29N3O5. The van der Waals surface area contributed by atoms with Crippen molar-refractivity contribution in [3.8, 4) is 22.6 Å². The topological polar surface area (TPSA) is 83.0 Å². The predicted octanol–water partition coefficient (Wildman–Crippen LogP) is 4.38. The summed E-state index contributed by atoms with van der Waals surface area (Å²) in [5.74, 6) is 1.49. The van der Waals surface area contributed by atoms with Gasteiger partial charge >= 0.3 is 5.97 Å². The number of carbonyl (C=O) groups is 1. The third-order valence-corrected chi connectivity index (χ3v) is 6.19. The number of aromatic nitrogens is 2. The zero-order valence-electron chi connectivity index (χ0n) is 20.4. The van der Waals surface area contributed by atoms with Crippen molar-refractivity contribution in [2.75, 3.05) is 32.2 Å². The normalized spacial score (nSPS) is 18.5. The van der Waals surface area contributed by atoms with Gasteiger partial charge in [-0.1, -0.05) is 0 Å². The number of anilines is 1. The van der Waals surface area contributed by atoms with Crippen molar-refractivity contribution in [2.24, 2.45) is 0 Å². The Hall–Kier alpha value is -3.39. The third-order valence-electron chi connectivity index (χ3n) is 6.19. The number of ether oxygens (including phenoxy) is 4. The lowest BCUT2D eigenvalue weighted by molar-refractivity contribution is -0.133. The Kier molecular flexibility index (Phi) is 5.16. The molecule has 1 aromatic heterocycles. The van der Waals surface area contributed by atoms with Crippen LogP contribution < -0.4 is 14.4 Å². The molecule has 34 heavy (non-hydrogen) atoms. The van der Waals surface area contributed by atoms with Gasteiger partial charge in [0.05, 0.1) is 31.0 Å². The molecule has 2 aromatic carbocycles. The number of nitrogens with zero attached hydrogens (tertiary/aromatic N) is 3. The molecule has 8 nitrogen and oxygen atoms in total. The lowest BCUT2D eigenvalue weighted by Crippen LogP contribution is -2.57. The molecule has 8 heteroatoms. The van der Waals surface area contributed by atoms with Gasteiger partial charge in [-0.3, -0.25) is 0 Å². The summed E-state index contributed by atoms with van der Waals surface area (Å²) in [6, 6.07) is 5.76. The molecule has 0 unspecified atom stereocenters. The number of carbonyl (C=O) groups excluding carboxylic acids is 1. The van der Waals surface area contributed by atoms with E-state index in [1.165, 1.54) is 0 Å². The van der Waals surface area contributed by atoms with Gasteiger partial charge in [0, 0.05) is 42.2 Å². The van der Waals surface area contributed by atoms with E-state index in [1.54, 1.807) is 26.6 Å². The average molecular weight is 464 g/mol. The maximum Gasteiger partial charge on any atom is 0.339 e. The van der Waals surface area contributed by atoms with E-state index in [9.17, 15) is 4.79 Å². The second kappa shape index (κ2) is 7.84. The smallest absolute Gasteiger partial charge is 0.339 e. The predicted molar refractivity (Wildman–Crippen MR) is 129 cm³/mol. The van der Waals surface area contributed by atoms with Crippen LogP contribution in [0.3, 0.4) is 0 Å². The molecular weight excluding hydrogens is 434 g/mol. The second-order valence-electron chi connectivity index (χ2n) is 10.0. The quantitative estimate of drug-likeness (QED) is 0.527. The Morgan fingerprint density at radius 1 is 0.912 bits per heavy atom. The first-order valence-electron chi connectivity index (χ1n) is 11.3. The highest BCUT2D eigenvalue weighted by Crippen LogP contribution is 2.42. The van der Waals surface area contributed by atoms with Gasteiger partial charge in [-0.15, -0.1) is 0 Å². The second-order valence-corrected chi connectivity index (χ2v) is 10.0. The molecule has 0 atom stereocenters. The Labute approximate surface area is 198 Å². The lowest BCUT2D eigenvalue weighted by Gasteiger charge is -2.47. The first-order chi connectivity index (χ1) is 16.1. The minimum absolute atomic E-state index is 0.238. The van der Waals surface area contributed by atoms with Crippen LogP contribution in [0.15, 0.2) is 30.6 Å². The minimum Gasteiger partial charge on any atom is -0.493 e. The van der Waals surface area contributed by atoms with Crippen LogP contribution >= 0.6 is 0 Å². The molecule has 0 N–H and O–H groups in total. The summed E-state index contributed by atoms with van der Waals surface area (Å²) >= 11 is 0. The minimum atomic E-state index is -0.345. The van der Waals surface area contributed by atoms with E-state index in [0.717, 1.165) is 27.5 Å². The molecule has 5 rings (SSSR count). The molecule has 1 fully saturated rings. The molecule has 0 bridgehead atoms. The van der Waals surface area contributed by atoms with E-state index >= 15 is 0 Å². The summed E-state index contributed by atoms with van der Waals surface area (Å²) in [6.45, 7) is 9.89. The number of fused-ring (bicyclic) bond motifs is 2. The largest absolute Gasteiger partial charge is 0.493 e. The first-order valence-corrected chi connectivity index (χ1v) is 11.3. The van der Waals surface area contributed by atoms with Crippen molar-refractivity contribution in [3.05, 3.63) is 41.7 Å². The van der Waals surface area contributed by atoms with E-state index in [4.69, 9.17) is 28.9 Å². The monoisotopic (exact) mass is 463 g/mol. The van der Waals surface area contributed by atoms with Crippen LogP contribution in [0.2, 0.25) is 0 Å². The number of hydrogen-bond acceptors (Lipinski definition) is 8. The van der Waals surface area contributed by atoms with E-state index in [2.05, 4.69) is 32.6 Å². The number of cyclic esters (lactones) is 1. The highest BCUT2D eigenvalue weighted by molar-refractivity contribution is 6.11. The molecule has 0 amide bonds. The van der Waals surface area contributed by atoms with Crippen LogP contribution in [0.25, 0.3) is 21.9 Å². The van der Waals surface area contributed by atoms with Crippen molar-refractivity contribution in [2.45, 2.75) is 45.5 Å². The van der Waals surface area contributed by atoms with Crippen molar-refractivity contribution < 1.29 is 23.7 Å². The molecule has 0 radical (unpaired) electrons. The number of benzene rings is 2. The maximum atomic E-state index is 12.7. The summed E-state index contributed by atoms with van der Waals surface area (Å²) in [7, 11) is 3.19. The van der Waals surface area contributed by atoms with Gasteiger partial charge in [0.25, 0.3) is 0 Å². The molecule has 1 saturated heterocycles. The fourth-order valence-electron chi connectivity index (χ4n) is 5.19. The van der Waals surface area contributed by atoms with Gasteiger partial charge in [-0.25, -0.2) is 14.8 Å². The van der Waals surface area contributed by atoms with E-state index in [-0.39, 0.29) is 23.8 Å². The molecule has 2 aliphatic heterocycles. The van der Waals surface area contributed by atoms with Crippen LogP contribution in [0.4, 0.5) is 5.95 Å². The lowest BCUT2D eigenvalue weighted by atomic mass is 9.91. The molecule has 2 aliphatic rings. The Morgan fingerprint density at radius 2 is 1.53 bits per heavy atom. The molecule has 178 valence electrons. The highest BCUT2D eigenvalue weighted by atomic mass is 16.5. The van der Waals surface area contributed by atoms with Crippen molar-refractivity contribution in [3.63, 3.8) is 0 Å². The summed E-state index contributed by atoms with van der Waals surface area (Å²) in [5, 5.41) is 1.77. The summed E-state index contributed by atoms with van der Waals surface area (Å²) < 4.78 is 22.6. The average Bonchev–Trinajstić information content (AvgIpc) is 3.14. The van der Waals surface area contributed by atoms with Crippen LogP contribution in [-0.2, 0) is 16.1 Å². The molecule has 3 aromatic rings. The standard InChI is InChI=1S/C26H29N3O5/c1-25(2)13-29(14-26(3,4)34-25)24-27-10-17(11-28-24)21-18-9-20(32-6)19(31-5)8-15(18)7-16-12-33-23(30)22(16)21/h7-11H,12-14H2,1-6H3. The van der Waals surface area contributed by atoms with Gasteiger partial charge in [0.1, 0.15) is 6.61 Å². The van der Waals surface area contributed by atoms with Crippen LogP contribution in [0.1, 0.15) is 43.6 Å². The number of methoxy groups -OCH3 is 2. The van der Waals surface area contributed by atoms with Crippen molar-refractivity contribution in [1.29, 1.82) is 0 Å². The van der Waals surface area contributed by atoms with E-state index in [1.807, 2.05) is 18.2 Å². The van der Waals surface area contributed by atoms with Gasteiger partial charge in [-0.2, -0.15) is 0 Å². The first kappa shape index (κ1) is 22.4. The van der Waals surface area contributed by atoms with Gasteiger partial charge in [-0.05, 0) is 56.7 Å². The number of morpholine rings is 1. The van der Waals surface area contributed by atoms with E-state index < -0.39 is 0 Å². The number of hydrogen-bond donors (Lipinski definition) is 0. The Balaban J connectivity index is 1.63. The van der Waals surface area contributed by atoms with E-state index in [0.29, 0.717) is 36.1 Å². The third kappa shape index (κ3) is 3.81. The van der Waals surface area contributed by atoms with Crippen LogP contribution in [0, 0.1) is 0 Å². The van der Waals surface area contributed by atoms with Crippen LogP contribution in [-0.4, -0.2) is 54.4 Å². The zero-order chi connectivity index (χ0) is 24.3. The fourth-order valence-corrected chi connectivity index (χ4v) is 5.19. The summed E-state index contributed by atoms with van der Waals surface area (Å²) in [5.41, 5.74) is 2.22. The SMILES string of the molecule is COc1cc2cc3c(c(-c4cnc(N5CC(C)(C)OC(C)(C)C5)nc4)c2cc1OC)C(=O)OC3. The Bertz CT molecular complexity index is 1270. The number of esters is 1. The highest BCUT2D eigenvalue weighted by Gasteiger charge is 2.39. The van der Waals surface area contributed by atoms with Crippen LogP contribution in [0.5, 0.6) is 11.5 Å². The summed E-state index contributed by atoms with van der Waals surface area (Å²) in [4.78, 5) is 24.2. The summed E-state index contributed by atoms with van der Waals surface area (Å²) in [6.07, 6.45) is 3.55. The van der Waals surface area contributed by atoms with Crippen molar-refractivity contribution >= 4 is 22.7 Å². The maximum absolute atomic E-state index is 12.7. The molecule has 0 aliphatic carbocycles. The molecule has 0 spiro atoms. The van der Waals surface area contributed by atoms with Crippen molar-refractivity contribution in [1.82, 2.24) is 9.97 Å². The van der Waals surface area contributed by atoms with Gasteiger partial charge in [0.15, 0.2) is 11.5 Å². The number of rotatable bonds is 4. The molecule has 3 heterocycles. The Morgan fingerprint density at radius 3 is 2.15 bits per heavy atom.